The second-order valence-corrected chi connectivity index (χ2v) is 9.68. The zero-order valence-electron chi connectivity index (χ0n) is 15.5. The average Bonchev–Trinajstić information content (AvgIpc) is 3.07. The summed E-state index contributed by atoms with van der Waals surface area (Å²) in [5.41, 5.74) is 3.40. The molecule has 2 aromatic carbocycles. The number of anilines is 1. The van der Waals surface area contributed by atoms with Crippen LogP contribution in [0.5, 0.6) is 0 Å². The summed E-state index contributed by atoms with van der Waals surface area (Å²) in [6.45, 7) is 3.54. The molecule has 0 saturated heterocycles. The van der Waals surface area contributed by atoms with E-state index in [-0.39, 0.29) is 16.8 Å². The number of thioether (sulfide) groups is 1. The Labute approximate surface area is 165 Å². The minimum Gasteiger partial charge on any atom is -0.325 e. The van der Waals surface area contributed by atoms with Gasteiger partial charge in [0, 0.05) is 16.6 Å². The van der Waals surface area contributed by atoms with Crippen molar-refractivity contribution in [2.45, 2.75) is 48.9 Å². The molecule has 5 nitrogen and oxygen atoms in total. The zero-order chi connectivity index (χ0) is 19.4. The van der Waals surface area contributed by atoms with Crippen molar-refractivity contribution in [3.63, 3.8) is 0 Å². The highest BCUT2D eigenvalue weighted by Gasteiger charge is 2.15. The van der Waals surface area contributed by atoms with E-state index in [1.165, 1.54) is 41.4 Å². The molecule has 0 radical (unpaired) electrons. The third-order valence-electron chi connectivity index (χ3n) is 4.28. The number of nitrogens with one attached hydrogen (secondary N) is 2. The molecule has 1 aliphatic rings. The van der Waals surface area contributed by atoms with Crippen LogP contribution in [0.4, 0.5) is 5.69 Å². The Morgan fingerprint density at radius 3 is 2.48 bits per heavy atom. The number of sulfonamides is 1. The molecule has 0 atom stereocenters. The minimum atomic E-state index is -3.52. The van der Waals surface area contributed by atoms with Gasteiger partial charge in [-0.2, -0.15) is 0 Å². The van der Waals surface area contributed by atoms with Crippen LogP contribution in [0, 0.1) is 0 Å². The SMILES string of the molecule is CC(C)NS(=O)(=O)c1ccc(NC(=O)CSc2ccc3c(c2)CCC3)cc1. The topological polar surface area (TPSA) is 75.3 Å². The zero-order valence-corrected chi connectivity index (χ0v) is 17.1. The van der Waals surface area contributed by atoms with Crippen LogP contribution in [0.25, 0.3) is 0 Å². The van der Waals surface area contributed by atoms with Crippen LogP contribution in [0.3, 0.4) is 0 Å². The number of carbonyl (C=O) groups is 1. The number of hydrogen-bond acceptors (Lipinski definition) is 4. The fraction of sp³-hybridized carbons (Fsp3) is 0.350. The van der Waals surface area contributed by atoms with Gasteiger partial charge < -0.3 is 5.32 Å². The standard InChI is InChI=1S/C20H24N2O3S2/c1-14(2)22-27(24,25)19-10-7-17(8-11-19)21-20(23)13-26-18-9-6-15-4-3-5-16(15)12-18/h6-12,14,22H,3-5,13H2,1-2H3,(H,21,23). The summed E-state index contributed by atoms with van der Waals surface area (Å²) < 4.78 is 26.8. The van der Waals surface area contributed by atoms with Crippen molar-refractivity contribution in [1.29, 1.82) is 0 Å². The number of hydrogen-bond donors (Lipinski definition) is 2. The van der Waals surface area contributed by atoms with E-state index >= 15 is 0 Å². The Hall–Kier alpha value is -1.83. The summed E-state index contributed by atoms with van der Waals surface area (Å²) in [5.74, 6) is 0.199. The fourth-order valence-corrected chi connectivity index (χ4v) is 5.09. The molecule has 0 fully saturated rings. The molecule has 144 valence electrons. The summed E-state index contributed by atoms with van der Waals surface area (Å²) in [4.78, 5) is 13.5. The van der Waals surface area contributed by atoms with Crippen molar-refractivity contribution >= 4 is 33.4 Å². The molecule has 0 spiro atoms. The summed E-state index contributed by atoms with van der Waals surface area (Å²) >= 11 is 1.51. The first kappa shape index (κ1) is 19.9. The normalized spacial score (nSPS) is 13.6. The van der Waals surface area contributed by atoms with E-state index in [1.54, 1.807) is 26.0 Å². The highest BCUT2D eigenvalue weighted by Crippen LogP contribution is 2.27. The Balaban J connectivity index is 1.55. The highest BCUT2D eigenvalue weighted by molar-refractivity contribution is 8.00. The maximum atomic E-state index is 12.2. The number of carbonyl (C=O) groups excluding carboxylic acids is 1. The van der Waals surface area contributed by atoms with Crippen LogP contribution in [-0.2, 0) is 27.7 Å². The summed E-state index contributed by atoms with van der Waals surface area (Å²) in [6, 6.07) is 12.4. The number of rotatable bonds is 7. The van der Waals surface area contributed by atoms with E-state index in [9.17, 15) is 13.2 Å². The first-order chi connectivity index (χ1) is 12.8. The van der Waals surface area contributed by atoms with Gasteiger partial charge in [0.1, 0.15) is 0 Å². The molecule has 27 heavy (non-hydrogen) atoms. The molecule has 0 bridgehead atoms. The molecule has 2 N–H and O–H groups in total. The molecule has 0 aromatic heterocycles. The van der Waals surface area contributed by atoms with Gasteiger partial charge in [-0.15, -0.1) is 11.8 Å². The van der Waals surface area contributed by atoms with Crippen molar-refractivity contribution in [2.24, 2.45) is 0 Å². The van der Waals surface area contributed by atoms with Crippen LogP contribution in [0.2, 0.25) is 0 Å². The van der Waals surface area contributed by atoms with Crippen LogP contribution in [-0.4, -0.2) is 26.1 Å². The lowest BCUT2D eigenvalue weighted by Gasteiger charge is -2.10. The van der Waals surface area contributed by atoms with Crippen LogP contribution in [0.1, 0.15) is 31.4 Å². The van der Waals surface area contributed by atoms with E-state index in [1.807, 2.05) is 0 Å². The molecular weight excluding hydrogens is 380 g/mol. The number of aryl methyl sites for hydroxylation is 2. The van der Waals surface area contributed by atoms with E-state index in [0.717, 1.165) is 17.7 Å². The van der Waals surface area contributed by atoms with Gasteiger partial charge in [0.25, 0.3) is 0 Å². The molecule has 2 aromatic rings. The lowest BCUT2D eigenvalue weighted by molar-refractivity contribution is -0.113. The second-order valence-electron chi connectivity index (χ2n) is 6.92. The Morgan fingerprint density at radius 2 is 1.78 bits per heavy atom. The molecule has 0 aliphatic heterocycles. The number of amides is 1. The summed E-state index contributed by atoms with van der Waals surface area (Å²) in [7, 11) is -3.52. The fourth-order valence-electron chi connectivity index (χ4n) is 3.08. The third-order valence-corrected chi connectivity index (χ3v) is 6.95. The Kier molecular flexibility index (Phi) is 6.24. The van der Waals surface area contributed by atoms with Gasteiger partial charge >= 0.3 is 0 Å². The van der Waals surface area contributed by atoms with E-state index in [2.05, 4.69) is 28.2 Å². The van der Waals surface area contributed by atoms with Gasteiger partial charge in [0.05, 0.1) is 10.6 Å². The summed E-state index contributed by atoms with van der Waals surface area (Å²) in [6.07, 6.45) is 3.48. The van der Waals surface area contributed by atoms with E-state index < -0.39 is 10.0 Å². The molecule has 3 rings (SSSR count). The monoisotopic (exact) mass is 404 g/mol. The van der Waals surface area contributed by atoms with Crippen LogP contribution < -0.4 is 10.0 Å². The van der Waals surface area contributed by atoms with Crippen LogP contribution in [0.15, 0.2) is 52.3 Å². The van der Waals surface area contributed by atoms with Crippen molar-refractivity contribution in [3.05, 3.63) is 53.6 Å². The van der Waals surface area contributed by atoms with Crippen LogP contribution >= 0.6 is 11.8 Å². The molecule has 1 amide bonds. The predicted octanol–water partition coefficient (Wildman–Crippen LogP) is 3.59. The first-order valence-electron chi connectivity index (χ1n) is 9.00. The van der Waals surface area contributed by atoms with E-state index in [0.29, 0.717) is 11.4 Å². The Bertz CT molecular complexity index is 923. The average molecular weight is 405 g/mol. The number of benzene rings is 2. The van der Waals surface area contributed by atoms with Crippen molar-refractivity contribution in [3.8, 4) is 0 Å². The van der Waals surface area contributed by atoms with Crippen molar-refractivity contribution in [2.75, 3.05) is 11.1 Å². The molecule has 7 heteroatoms. The largest absolute Gasteiger partial charge is 0.325 e. The van der Waals surface area contributed by atoms with E-state index in [4.69, 9.17) is 0 Å². The second kappa shape index (κ2) is 8.46. The Morgan fingerprint density at radius 1 is 1.07 bits per heavy atom. The van der Waals surface area contributed by atoms with Gasteiger partial charge in [0.15, 0.2) is 0 Å². The maximum absolute atomic E-state index is 12.2. The minimum absolute atomic E-state index is 0.114. The highest BCUT2D eigenvalue weighted by atomic mass is 32.2. The van der Waals surface area contributed by atoms with Gasteiger partial charge in [-0.05, 0) is 80.6 Å². The third kappa shape index (κ3) is 5.34. The van der Waals surface area contributed by atoms with Crippen molar-refractivity contribution < 1.29 is 13.2 Å². The van der Waals surface area contributed by atoms with Gasteiger partial charge in [-0.3, -0.25) is 4.79 Å². The first-order valence-corrected chi connectivity index (χ1v) is 11.5. The molecular formula is C20H24N2O3S2. The number of fused-ring (bicyclic) bond motifs is 1. The lowest BCUT2D eigenvalue weighted by atomic mass is 10.1. The quantitative estimate of drug-likeness (QED) is 0.692. The lowest BCUT2D eigenvalue weighted by Crippen LogP contribution is -2.30. The van der Waals surface area contributed by atoms with Gasteiger partial charge in [-0.25, -0.2) is 13.1 Å². The van der Waals surface area contributed by atoms with Crippen molar-refractivity contribution in [1.82, 2.24) is 4.72 Å². The van der Waals surface area contributed by atoms with Gasteiger partial charge in [0.2, 0.25) is 15.9 Å². The molecule has 0 saturated carbocycles. The molecule has 0 heterocycles. The summed E-state index contributed by atoms with van der Waals surface area (Å²) in [5, 5.41) is 2.81. The molecule has 0 unspecified atom stereocenters. The molecule has 1 aliphatic carbocycles. The maximum Gasteiger partial charge on any atom is 0.240 e. The predicted molar refractivity (Wildman–Crippen MR) is 110 cm³/mol. The van der Waals surface area contributed by atoms with Gasteiger partial charge in [-0.1, -0.05) is 6.07 Å². The smallest absolute Gasteiger partial charge is 0.240 e.